The summed E-state index contributed by atoms with van der Waals surface area (Å²) in [6.07, 6.45) is 0.587. The van der Waals surface area contributed by atoms with Crippen molar-refractivity contribution in [2.75, 3.05) is 13.1 Å². The minimum Gasteiger partial charge on any atom is -0.388 e. The Morgan fingerprint density at radius 2 is 2.00 bits per heavy atom. The van der Waals surface area contributed by atoms with Gasteiger partial charge in [-0.1, -0.05) is 13.8 Å². The summed E-state index contributed by atoms with van der Waals surface area (Å²) < 4.78 is 0. The molecule has 0 aromatic carbocycles. The summed E-state index contributed by atoms with van der Waals surface area (Å²) in [5.41, 5.74) is -0.798. The molecule has 1 rings (SSSR count). The van der Waals surface area contributed by atoms with E-state index >= 15 is 0 Å². The molecule has 0 bridgehead atoms. The fourth-order valence-electron chi connectivity index (χ4n) is 2.06. The molecule has 1 heterocycles. The van der Waals surface area contributed by atoms with Crippen molar-refractivity contribution in [3.8, 4) is 0 Å². The lowest BCUT2D eigenvalue weighted by Gasteiger charge is -2.27. The zero-order chi connectivity index (χ0) is 13.2. The molecule has 5 heteroatoms. The van der Waals surface area contributed by atoms with E-state index in [1.807, 2.05) is 13.8 Å². The quantitative estimate of drug-likeness (QED) is 0.739. The molecule has 0 aliphatic carbocycles. The van der Waals surface area contributed by atoms with E-state index in [0.717, 1.165) is 0 Å². The van der Waals surface area contributed by atoms with E-state index in [1.54, 1.807) is 11.8 Å². The number of β-amino-alcohol motifs (C(OH)–C–C–N with tert-alkyl or cyclic N) is 1. The number of hydrogen-bond acceptors (Lipinski definition) is 3. The summed E-state index contributed by atoms with van der Waals surface area (Å²) in [5.74, 6) is -0.270. The molecule has 1 aliphatic rings. The maximum Gasteiger partial charge on any atom is 0.245 e. The number of carbonyl (C=O) groups excluding carboxylic acids is 2. The van der Waals surface area contributed by atoms with Gasteiger partial charge in [0.05, 0.1) is 5.60 Å². The van der Waals surface area contributed by atoms with Crippen LogP contribution in [-0.4, -0.2) is 46.6 Å². The van der Waals surface area contributed by atoms with Crippen LogP contribution >= 0.6 is 0 Å². The van der Waals surface area contributed by atoms with E-state index in [4.69, 9.17) is 0 Å². The Morgan fingerprint density at radius 1 is 1.41 bits per heavy atom. The first-order valence-corrected chi connectivity index (χ1v) is 6.01. The molecule has 0 aromatic rings. The molecule has 0 spiro atoms. The highest BCUT2D eigenvalue weighted by molar-refractivity contribution is 5.87. The monoisotopic (exact) mass is 242 g/mol. The van der Waals surface area contributed by atoms with Gasteiger partial charge in [-0.25, -0.2) is 0 Å². The lowest BCUT2D eigenvalue weighted by Crippen LogP contribution is -2.50. The van der Waals surface area contributed by atoms with E-state index in [1.165, 1.54) is 6.92 Å². The van der Waals surface area contributed by atoms with Gasteiger partial charge in [0.2, 0.25) is 11.8 Å². The maximum absolute atomic E-state index is 12.2. The third-order valence-corrected chi connectivity index (χ3v) is 3.05. The smallest absolute Gasteiger partial charge is 0.245 e. The van der Waals surface area contributed by atoms with Gasteiger partial charge in [0.25, 0.3) is 0 Å². The molecule has 0 aromatic heterocycles. The lowest BCUT2D eigenvalue weighted by molar-refractivity contribution is -0.137. The fourth-order valence-corrected chi connectivity index (χ4v) is 2.06. The van der Waals surface area contributed by atoms with Crippen LogP contribution in [0.15, 0.2) is 0 Å². The van der Waals surface area contributed by atoms with Crippen LogP contribution in [0.2, 0.25) is 0 Å². The molecule has 1 fully saturated rings. The summed E-state index contributed by atoms with van der Waals surface area (Å²) in [6, 6.07) is -0.499. The van der Waals surface area contributed by atoms with Gasteiger partial charge in [0.15, 0.2) is 0 Å². The molecule has 98 valence electrons. The minimum absolute atomic E-state index is 0.0388. The molecule has 2 amide bonds. The Labute approximate surface area is 102 Å². The molecule has 17 heavy (non-hydrogen) atoms. The van der Waals surface area contributed by atoms with Gasteiger partial charge in [-0.3, -0.25) is 9.59 Å². The highest BCUT2D eigenvalue weighted by Crippen LogP contribution is 2.21. The fraction of sp³-hybridized carbons (Fsp3) is 0.833. The van der Waals surface area contributed by atoms with Crippen LogP contribution in [0, 0.1) is 5.92 Å². The Hall–Kier alpha value is -1.10. The maximum atomic E-state index is 12.2. The van der Waals surface area contributed by atoms with Crippen LogP contribution in [0.1, 0.15) is 34.1 Å². The second-order valence-corrected chi connectivity index (χ2v) is 5.43. The number of likely N-dealkylation sites (tertiary alicyclic amines) is 1. The van der Waals surface area contributed by atoms with Crippen molar-refractivity contribution in [2.24, 2.45) is 5.92 Å². The lowest BCUT2D eigenvalue weighted by atomic mass is 10.0. The predicted molar refractivity (Wildman–Crippen MR) is 64.3 cm³/mol. The van der Waals surface area contributed by atoms with Crippen molar-refractivity contribution in [1.29, 1.82) is 0 Å². The van der Waals surface area contributed by atoms with Crippen molar-refractivity contribution >= 4 is 11.8 Å². The number of rotatable bonds is 3. The number of nitrogens with zero attached hydrogens (tertiary/aromatic N) is 1. The van der Waals surface area contributed by atoms with E-state index in [-0.39, 0.29) is 17.7 Å². The molecule has 0 saturated carbocycles. The van der Waals surface area contributed by atoms with Crippen LogP contribution in [-0.2, 0) is 9.59 Å². The molecule has 2 unspecified atom stereocenters. The van der Waals surface area contributed by atoms with Gasteiger partial charge < -0.3 is 15.3 Å². The van der Waals surface area contributed by atoms with Crippen molar-refractivity contribution in [3.63, 3.8) is 0 Å². The summed E-state index contributed by atoms with van der Waals surface area (Å²) in [7, 11) is 0. The molecule has 2 N–H and O–H groups in total. The summed E-state index contributed by atoms with van der Waals surface area (Å²) >= 11 is 0. The zero-order valence-electron chi connectivity index (χ0n) is 11.0. The number of hydrogen-bond donors (Lipinski definition) is 2. The molecule has 1 aliphatic heterocycles. The third-order valence-electron chi connectivity index (χ3n) is 3.05. The Bertz CT molecular complexity index is 313. The normalized spacial score (nSPS) is 26.1. The van der Waals surface area contributed by atoms with Crippen molar-refractivity contribution in [3.05, 3.63) is 0 Å². The van der Waals surface area contributed by atoms with Gasteiger partial charge in [-0.05, 0) is 19.3 Å². The number of aliphatic hydroxyl groups is 1. The van der Waals surface area contributed by atoms with E-state index in [0.29, 0.717) is 19.5 Å². The first-order valence-electron chi connectivity index (χ1n) is 6.01. The Morgan fingerprint density at radius 3 is 2.35 bits per heavy atom. The van der Waals surface area contributed by atoms with E-state index in [2.05, 4.69) is 5.32 Å². The van der Waals surface area contributed by atoms with Crippen LogP contribution < -0.4 is 5.32 Å². The molecule has 2 atom stereocenters. The molecule has 5 nitrogen and oxygen atoms in total. The van der Waals surface area contributed by atoms with E-state index in [9.17, 15) is 14.7 Å². The number of amides is 2. The van der Waals surface area contributed by atoms with Crippen LogP contribution in [0.3, 0.4) is 0 Å². The number of nitrogens with one attached hydrogen (secondary N) is 1. The van der Waals surface area contributed by atoms with Crippen molar-refractivity contribution in [2.45, 2.75) is 45.8 Å². The van der Waals surface area contributed by atoms with Gasteiger partial charge in [-0.2, -0.15) is 0 Å². The van der Waals surface area contributed by atoms with Gasteiger partial charge in [0.1, 0.15) is 6.04 Å². The number of carbonyl (C=O) groups is 2. The Balaban J connectivity index is 2.69. The average Bonchev–Trinajstić information content (AvgIpc) is 2.53. The van der Waals surface area contributed by atoms with Crippen LogP contribution in [0.4, 0.5) is 0 Å². The second kappa shape index (κ2) is 5.04. The predicted octanol–water partition coefficient (Wildman–Crippen LogP) is 0.130. The standard InChI is InChI=1S/C12H22N2O3/c1-8(2)10(13-9(3)15)11(16)14-6-5-12(4,17)7-14/h8,10,17H,5-7H2,1-4H3,(H,13,15). The minimum atomic E-state index is -0.798. The summed E-state index contributed by atoms with van der Waals surface area (Å²) in [4.78, 5) is 24.9. The van der Waals surface area contributed by atoms with Gasteiger partial charge >= 0.3 is 0 Å². The second-order valence-electron chi connectivity index (χ2n) is 5.43. The summed E-state index contributed by atoms with van der Waals surface area (Å²) in [6.45, 7) is 7.81. The van der Waals surface area contributed by atoms with Gasteiger partial charge in [-0.15, -0.1) is 0 Å². The largest absolute Gasteiger partial charge is 0.388 e. The first-order chi connectivity index (χ1) is 7.73. The average molecular weight is 242 g/mol. The SMILES string of the molecule is CC(=O)NC(C(=O)N1CCC(C)(O)C1)C(C)C. The first kappa shape index (κ1) is 14.0. The van der Waals surface area contributed by atoms with Gasteiger partial charge in [0, 0.05) is 20.0 Å². The van der Waals surface area contributed by atoms with E-state index < -0.39 is 11.6 Å². The molecular formula is C12H22N2O3. The molecule has 0 radical (unpaired) electrons. The summed E-state index contributed by atoms with van der Waals surface area (Å²) in [5, 5.41) is 12.5. The Kier molecular flexibility index (Phi) is 4.14. The zero-order valence-corrected chi connectivity index (χ0v) is 11.0. The van der Waals surface area contributed by atoms with Crippen molar-refractivity contribution in [1.82, 2.24) is 10.2 Å². The van der Waals surface area contributed by atoms with Crippen LogP contribution in [0.5, 0.6) is 0 Å². The topological polar surface area (TPSA) is 69.6 Å². The molecular weight excluding hydrogens is 220 g/mol. The highest BCUT2D eigenvalue weighted by Gasteiger charge is 2.37. The highest BCUT2D eigenvalue weighted by atomic mass is 16.3. The van der Waals surface area contributed by atoms with Crippen molar-refractivity contribution < 1.29 is 14.7 Å². The molecule has 1 saturated heterocycles. The van der Waals surface area contributed by atoms with Crippen LogP contribution in [0.25, 0.3) is 0 Å². The third kappa shape index (κ3) is 3.70.